The van der Waals surface area contributed by atoms with E-state index in [1.807, 2.05) is 31.2 Å². The molecule has 21 heavy (non-hydrogen) atoms. The maximum atomic E-state index is 6.08. The number of nitrogens with two attached hydrogens (primary N) is 1. The molecule has 0 saturated carbocycles. The lowest BCUT2D eigenvalue weighted by Gasteiger charge is -2.21. The van der Waals surface area contributed by atoms with E-state index >= 15 is 0 Å². The Labute approximate surface area is 139 Å². The monoisotopic (exact) mass is 397 g/mol. The molecule has 4 nitrogen and oxygen atoms in total. The summed E-state index contributed by atoms with van der Waals surface area (Å²) in [5.41, 5.74) is 7.81. The Hall–Kier alpha value is -1.37. The number of halogens is 1. The van der Waals surface area contributed by atoms with Crippen LogP contribution in [0.2, 0.25) is 0 Å². The first-order valence-corrected chi connectivity index (χ1v) is 7.98. The zero-order valence-corrected chi connectivity index (χ0v) is 14.9. The van der Waals surface area contributed by atoms with E-state index in [0.717, 1.165) is 20.6 Å². The highest BCUT2D eigenvalue weighted by Crippen LogP contribution is 2.33. The van der Waals surface area contributed by atoms with Crippen LogP contribution >= 0.6 is 22.6 Å². The quantitative estimate of drug-likeness (QED) is 0.795. The second-order valence-electron chi connectivity index (χ2n) is 5.77. The third kappa shape index (κ3) is 3.45. The highest BCUT2D eigenvalue weighted by Gasteiger charge is 2.23. The van der Waals surface area contributed by atoms with Crippen molar-refractivity contribution in [2.45, 2.75) is 33.1 Å². The molecule has 0 bridgehead atoms. The van der Waals surface area contributed by atoms with Crippen LogP contribution in [0.5, 0.6) is 5.75 Å². The van der Waals surface area contributed by atoms with Gasteiger partial charge in [-0.3, -0.25) is 0 Å². The standard InChI is InChI=1S/C16H20IN3O/c1-5-21-11-9-7-6-8-10(11)15-19-13(16(2,3)4)12(17)14(18)20-15/h6-9H,5H2,1-4H3,(H2,18,19,20). The topological polar surface area (TPSA) is 61.0 Å². The fraction of sp³-hybridized carbons (Fsp3) is 0.375. The van der Waals surface area contributed by atoms with Gasteiger partial charge >= 0.3 is 0 Å². The summed E-state index contributed by atoms with van der Waals surface area (Å²) in [6.07, 6.45) is 0. The van der Waals surface area contributed by atoms with Crippen molar-refractivity contribution >= 4 is 28.4 Å². The van der Waals surface area contributed by atoms with Crippen LogP contribution in [0, 0.1) is 3.57 Å². The van der Waals surface area contributed by atoms with Gasteiger partial charge in [0.15, 0.2) is 5.82 Å². The van der Waals surface area contributed by atoms with Crippen LogP contribution in [0.15, 0.2) is 24.3 Å². The predicted octanol–water partition coefficient (Wildman–Crippen LogP) is 4.03. The van der Waals surface area contributed by atoms with E-state index in [1.54, 1.807) is 0 Å². The Morgan fingerprint density at radius 2 is 1.86 bits per heavy atom. The van der Waals surface area contributed by atoms with Crippen molar-refractivity contribution in [1.29, 1.82) is 0 Å². The molecule has 112 valence electrons. The van der Waals surface area contributed by atoms with Gasteiger partial charge in [0, 0.05) is 5.41 Å². The number of para-hydroxylation sites is 1. The number of benzene rings is 1. The maximum Gasteiger partial charge on any atom is 0.165 e. The van der Waals surface area contributed by atoms with E-state index in [0.29, 0.717) is 18.2 Å². The van der Waals surface area contributed by atoms with Crippen molar-refractivity contribution < 1.29 is 4.74 Å². The molecule has 0 aliphatic heterocycles. The predicted molar refractivity (Wildman–Crippen MR) is 94.5 cm³/mol. The lowest BCUT2D eigenvalue weighted by atomic mass is 9.91. The number of ether oxygens (including phenoxy) is 1. The number of hydrogen-bond acceptors (Lipinski definition) is 4. The van der Waals surface area contributed by atoms with Crippen molar-refractivity contribution in [2.75, 3.05) is 12.3 Å². The molecule has 0 unspecified atom stereocenters. The fourth-order valence-corrected chi connectivity index (χ4v) is 3.06. The molecule has 0 aliphatic rings. The molecule has 0 aliphatic carbocycles. The lowest BCUT2D eigenvalue weighted by Crippen LogP contribution is -2.18. The van der Waals surface area contributed by atoms with Crippen LogP contribution in [0.4, 0.5) is 5.82 Å². The molecule has 0 atom stereocenters. The van der Waals surface area contributed by atoms with Crippen molar-refractivity contribution in [1.82, 2.24) is 9.97 Å². The summed E-state index contributed by atoms with van der Waals surface area (Å²) in [6, 6.07) is 7.77. The Bertz CT molecular complexity index is 650. The molecule has 0 amide bonds. The Kier molecular flexibility index (Phi) is 4.70. The van der Waals surface area contributed by atoms with Crippen molar-refractivity contribution in [3.05, 3.63) is 33.5 Å². The smallest absolute Gasteiger partial charge is 0.165 e. The van der Waals surface area contributed by atoms with Gasteiger partial charge in [-0.15, -0.1) is 0 Å². The van der Waals surface area contributed by atoms with Crippen LogP contribution in [0.25, 0.3) is 11.4 Å². The average molecular weight is 397 g/mol. The molecule has 0 fully saturated rings. The normalized spacial score (nSPS) is 11.5. The highest BCUT2D eigenvalue weighted by molar-refractivity contribution is 14.1. The van der Waals surface area contributed by atoms with Crippen LogP contribution in [0.1, 0.15) is 33.4 Å². The Balaban J connectivity index is 2.63. The van der Waals surface area contributed by atoms with E-state index in [-0.39, 0.29) is 5.41 Å². The number of hydrogen-bond donors (Lipinski definition) is 1. The molecule has 1 heterocycles. The third-order valence-electron chi connectivity index (χ3n) is 3.02. The maximum absolute atomic E-state index is 6.08. The van der Waals surface area contributed by atoms with Crippen molar-refractivity contribution in [3.63, 3.8) is 0 Å². The summed E-state index contributed by atoms with van der Waals surface area (Å²) in [5.74, 6) is 1.90. The number of rotatable bonds is 3. The average Bonchev–Trinajstić information content (AvgIpc) is 2.41. The fourth-order valence-electron chi connectivity index (χ4n) is 2.01. The lowest BCUT2D eigenvalue weighted by molar-refractivity contribution is 0.341. The summed E-state index contributed by atoms with van der Waals surface area (Å²) in [7, 11) is 0. The molecule has 2 N–H and O–H groups in total. The SMILES string of the molecule is CCOc1ccccc1-c1nc(N)c(I)c(C(C)(C)C)n1. The summed E-state index contributed by atoms with van der Waals surface area (Å²) in [5, 5.41) is 0. The largest absolute Gasteiger partial charge is 0.493 e. The Morgan fingerprint density at radius 3 is 2.48 bits per heavy atom. The summed E-state index contributed by atoms with van der Waals surface area (Å²) < 4.78 is 6.58. The van der Waals surface area contributed by atoms with Gasteiger partial charge in [-0.25, -0.2) is 9.97 Å². The third-order valence-corrected chi connectivity index (χ3v) is 4.08. The van der Waals surface area contributed by atoms with E-state index in [2.05, 4.69) is 48.3 Å². The van der Waals surface area contributed by atoms with E-state index in [9.17, 15) is 0 Å². The van der Waals surface area contributed by atoms with Gasteiger partial charge in [0.25, 0.3) is 0 Å². The van der Waals surface area contributed by atoms with E-state index in [4.69, 9.17) is 15.5 Å². The molecule has 2 rings (SSSR count). The molecular weight excluding hydrogens is 377 g/mol. The number of anilines is 1. The van der Waals surface area contributed by atoms with Crippen molar-refractivity contribution in [3.8, 4) is 17.1 Å². The summed E-state index contributed by atoms with van der Waals surface area (Å²) in [6.45, 7) is 8.92. The molecule has 1 aromatic heterocycles. The molecule has 0 radical (unpaired) electrons. The Morgan fingerprint density at radius 1 is 1.19 bits per heavy atom. The number of nitrogen functional groups attached to an aromatic ring is 1. The molecule has 5 heteroatoms. The first-order valence-electron chi connectivity index (χ1n) is 6.90. The van der Waals surface area contributed by atoms with Crippen LogP contribution in [0.3, 0.4) is 0 Å². The molecule has 0 saturated heterocycles. The first-order chi connectivity index (χ1) is 9.84. The minimum absolute atomic E-state index is 0.0944. The molecule has 2 aromatic rings. The van der Waals surface area contributed by atoms with Gasteiger partial charge in [0.05, 0.1) is 21.4 Å². The number of nitrogens with zero attached hydrogens (tertiary/aromatic N) is 2. The second kappa shape index (κ2) is 6.17. The zero-order valence-electron chi connectivity index (χ0n) is 12.8. The second-order valence-corrected chi connectivity index (χ2v) is 6.85. The molecule has 0 spiro atoms. The van der Waals surface area contributed by atoms with Gasteiger partial charge in [-0.2, -0.15) is 0 Å². The summed E-state index contributed by atoms with van der Waals surface area (Å²) >= 11 is 2.21. The first kappa shape index (κ1) is 16.0. The van der Waals surface area contributed by atoms with Crippen LogP contribution < -0.4 is 10.5 Å². The van der Waals surface area contributed by atoms with E-state index < -0.39 is 0 Å². The van der Waals surface area contributed by atoms with Crippen LogP contribution in [-0.4, -0.2) is 16.6 Å². The highest BCUT2D eigenvalue weighted by atomic mass is 127. The van der Waals surface area contributed by atoms with Gasteiger partial charge in [-0.1, -0.05) is 32.9 Å². The minimum Gasteiger partial charge on any atom is -0.493 e. The minimum atomic E-state index is -0.0944. The van der Waals surface area contributed by atoms with Gasteiger partial charge in [0.2, 0.25) is 0 Å². The van der Waals surface area contributed by atoms with Gasteiger partial charge in [-0.05, 0) is 41.6 Å². The van der Waals surface area contributed by atoms with Crippen molar-refractivity contribution in [2.24, 2.45) is 0 Å². The molecular formula is C16H20IN3O. The molecule has 1 aromatic carbocycles. The number of aromatic nitrogens is 2. The van der Waals surface area contributed by atoms with Crippen LogP contribution in [-0.2, 0) is 5.41 Å². The van der Waals surface area contributed by atoms with E-state index in [1.165, 1.54) is 0 Å². The van der Waals surface area contributed by atoms with Gasteiger partial charge < -0.3 is 10.5 Å². The summed E-state index contributed by atoms with van der Waals surface area (Å²) in [4.78, 5) is 9.18. The zero-order chi connectivity index (χ0) is 15.6. The van der Waals surface area contributed by atoms with Gasteiger partial charge in [0.1, 0.15) is 11.6 Å².